The van der Waals surface area contributed by atoms with Crippen LogP contribution in [0.25, 0.3) is 0 Å². The molecule has 0 rings (SSSR count). The molecule has 0 saturated carbocycles. The number of carbonyl (C=O) groups is 2. The molecular formula is C51H97NO7. The van der Waals surface area contributed by atoms with E-state index in [1.165, 1.54) is 51.4 Å². The first-order valence-electron chi connectivity index (χ1n) is 25.2. The fourth-order valence-corrected chi connectivity index (χ4v) is 7.33. The Morgan fingerprint density at radius 1 is 0.492 bits per heavy atom. The van der Waals surface area contributed by atoms with Gasteiger partial charge in [0.15, 0.2) is 6.29 Å². The zero-order valence-electron chi connectivity index (χ0n) is 39.4. The van der Waals surface area contributed by atoms with E-state index >= 15 is 0 Å². The highest BCUT2D eigenvalue weighted by Gasteiger charge is 2.19. The van der Waals surface area contributed by atoms with Crippen LogP contribution in [0.1, 0.15) is 227 Å². The van der Waals surface area contributed by atoms with Gasteiger partial charge in [0.2, 0.25) is 0 Å². The summed E-state index contributed by atoms with van der Waals surface area (Å²) in [5.74, 6) is -0.0542. The van der Waals surface area contributed by atoms with E-state index in [9.17, 15) is 14.7 Å². The number of esters is 2. The van der Waals surface area contributed by atoms with Gasteiger partial charge in [-0.3, -0.25) is 9.59 Å². The van der Waals surface area contributed by atoms with Crippen LogP contribution in [0.4, 0.5) is 0 Å². The lowest BCUT2D eigenvalue weighted by Crippen LogP contribution is -2.29. The maximum Gasteiger partial charge on any atom is 0.308 e. The quantitative estimate of drug-likeness (QED) is 0.0280. The number of nitrogens with zero attached hydrogens (tertiary/aromatic N) is 1. The van der Waals surface area contributed by atoms with Gasteiger partial charge < -0.3 is 29.0 Å². The first-order chi connectivity index (χ1) is 29.0. The second kappa shape index (κ2) is 47.3. The molecule has 1 N–H and O–H groups in total. The van der Waals surface area contributed by atoms with E-state index < -0.39 is 0 Å². The van der Waals surface area contributed by atoms with Crippen molar-refractivity contribution in [1.29, 1.82) is 0 Å². The van der Waals surface area contributed by atoms with Crippen LogP contribution in [0.5, 0.6) is 0 Å². The lowest BCUT2D eigenvalue weighted by molar-refractivity contribution is -0.159. The number of aliphatic hydroxyl groups excluding tert-OH is 1. The number of unbranched alkanes of at least 4 members (excludes halogenated alkanes) is 19. The summed E-state index contributed by atoms with van der Waals surface area (Å²) in [4.78, 5) is 27.8. The average molecular weight is 836 g/mol. The summed E-state index contributed by atoms with van der Waals surface area (Å²) in [5, 5.41) is 9.62. The molecule has 348 valence electrons. The third kappa shape index (κ3) is 41.4. The van der Waals surface area contributed by atoms with E-state index in [2.05, 4.69) is 56.9 Å². The number of carbonyl (C=O) groups excluding carboxylic acids is 2. The fraction of sp³-hybridized carbons (Fsp3) is 0.882. The van der Waals surface area contributed by atoms with Gasteiger partial charge in [-0.15, -0.1) is 0 Å². The standard InChI is InChI=1S/C51H97NO7/c1-5-9-13-17-21-29-37-48(36-28-16-12-8-4)51(55)59-47-35-27-23-31-41-52(42-43-53)40-30-22-20-26-32-44-56-49(54)38-39-50(57-45-33-24-18-14-10-6-2)58-46-34-25-19-15-11-7-3/h10-11,14-15,48,50,53H,5-9,12-13,16-47H2,1-4H3/b14-10-,15-11-. The zero-order chi connectivity index (χ0) is 43.1. The van der Waals surface area contributed by atoms with Crippen LogP contribution < -0.4 is 0 Å². The molecule has 8 nitrogen and oxygen atoms in total. The number of allylic oxidation sites excluding steroid dienone is 4. The second-order valence-electron chi connectivity index (χ2n) is 16.7. The molecule has 0 aromatic carbocycles. The maximum absolute atomic E-state index is 12.9. The van der Waals surface area contributed by atoms with Crippen molar-refractivity contribution in [2.75, 3.05) is 52.7 Å². The highest BCUT2D eigenvalue weighted by Crippen LogP contribution is 2.21. The van der Waals surface area contributed by atoms with Crippen LogP contribution in [0.15, 0.2) is 24.3 Å². The highest BCUT2D eigenvalue weighted by molar-refractivity contribution is 5.72. The molecule has 0 radical (unpaired) electrons. The van der Waals surface area contributed by atoms with E-state index in [0.717, 1.165) is 154 Å². The van der Waals surface area contributed by atoms with Crippen molar-refractivity contribution < 1.29 is 33.6 Å². The van der Waals surface area contributed by atoms with Crippen molar-refractivity contribution in [2.45, 2.75) is 233 Å². The smallest absolute Gasteiger partial charge is 0.308 e. The Balaban J connectivity index is 4.18. The van der Waals surface area contributed by atoms with Crippen LogP contribution >= 0.6 is 0 Å². The van der Waals surface area contributed by atoms with E-state index in [1.807, 2.05) is 0 Å². The monoisotopic (exact) mass is 836 g/mol. The van der Waals surface area contributed by atoms with Crippen LogP contribution in [0, 0.1) is 5.92 Å². The predicted octanol–water partition coefficient (Wildman–Crippen LogP) is 13.6. The Morgan fingerprint density at radius 2 is 0.949 bits per heavy atom. The Kier molecular flexibility index (Phi) is 45.9. The molecule has 0 spiro atoms. The molecule has 0 aromatic rings. The summed E-state index contributed by atoms with van der Waals surface area (Å²) in [6, 6.07) is 0. The van der Waals surface area contributed by atoms with Crippen LogP contribution in [-0.2, 0) is 28.5 Å². The number of ether oxygens (including phenoxy) is 4. The molecule has 59 heavy (non-hydrogen) atoms. The minimum Gasteiger partial charge on any atom is -0.466 e. The van der Waals surface area contributed by atoms with Gasteiger partial charge in [-0.25, -0.2) is 0 Å². The first kappa shape index (κ1) is 57.3. The van der Waals surface area contributed by atoms with Crippen molar-refractivity contribution in [1.82, 2.24) is 4.90 Å². The summed E-state index contributed by atoms with van der Waals surface area (Å²) in [6.07, 6.45) is 41.7. The van der Waals surface area contributed by atoms with Gasteiger partial charge in [-0.05, 0) is 103 Å². The van der Waals surface area contributed by atoms with Gasteiger partial charge in [0, 0.05) is 26.2 Å². The summed E-state index contributed by atoms with van der Waals surface area (Å²) in [6.45, 7) is 14.0. The lowest BCUT2D eigenvalue weighted by atomic mass is 9.94. The minimum atomic E-state index is -0.357. The number of hydrogen-bond acceptors (Lipinski definition) is 8. The molecule has 0 amide bonds. The van der Waals surface area contributed by atoms with Gasteiger partial charge in [0.25, 0.3) is 0 Å². The Morgan fingerprint density at radius 3 is 1.47 bits per heavy atom. The number of aliphatic hydroxyl groups is 1. The topological polar surface area (TPSA) is 94.5 Å². The van der Waals surface area contributed by atoms with Crippen LogP contribution in [0.3, 0.4) is 0 Å². The molecule has 1 unspecified atom stereocenters. The summed E-state index contributed by atoms with van der Waals surface area (Å²) < 4.78 is 23.4. The largest absolute Gasteiger partial charge is 0.466 e. The van der Waals surface area contributed by atoms with Crippen molar-refractivity contribution in [2.24, 2.45) is 5.92 Å². The Labute approximate surface area is 365 Å². The predicted molar refractivity (Wildman–Crippen MR) is 249 cm³/mol. The number of rotatable bonds is 47. The third-order valence-corrected chi connectivity index (χ3v) is 11.1. The van der Waals surface area contributed by atoms with Crippen LogP contribution in [0.2, 0.25) is 0 Å². The molecule has 0 aliphatic rings. The van der Waals surface area contributed by atoms with Crippen molar-refractivity contribution in [3.8, 4) is 0 Å². The molecule has 0 aliphatic carbocycles. The Bertz CT molecular complexity index is 917. The fourth-order valence-electron chi connectivity index (χ4n) is 7.33. The molecule has 8 heteroatoms. The molecular weight excluding hydrogens is 739 g/mol. The second-order valence-corrected chi connectivity index (χ2v) is 16.7. The zero-order valence-corrected chi connectivity index (χ0v) is 39.4. The number of hydrogen-bond donors (Lipinski definition) is 1. The Hall–Kier alpha value is -1.74. The van der Waals surface area contributed by atoms with Gasteiger partial charge >= 0.3 is 11.9 Å². The van der Waals surface area contributed by atoms with Crippen molar-refractivity contribution in [3.63, 3.8) is 0 Å². The summed E-state index contributed by atoms with van der Waals surface area (Å²) in [5.41, 5.74) is 0. The highest BCUT2D eigenvalue weighted by atomic mass is 16.7. The van der Waals surface area contributed by atoms with E-state index in [-0.39, 0.29) is 30.8 Å². The van der Waals surface area contributed by atoms with E-state index in [4.69, 9.17) is 18.9 Å². The molecule has 0 fully saturated rings. The first-order valence-corrected chi connectivity index (χ1v) is 25.2. The SMILES string of the molecule is CC/C=C\CCCCOC(CCC(=O)OCCCCCCCN(CCO)CCCCCCOC(=O)C(CCCCCC)CCCCCCCC)OCCCC/C=C\CC. The van der Waals surface area contributed by atoms with Gasteiger partial charge in [-0.2, -0.15) is 0 Å². The minimum absolute atomic E-state index is 0.0373. The molecule has 0 aliphatic heterocycles. The van der Waals surface area contributed by atoms with Crippen molar-refractivity contribution in [3.05, 3.63) is 24.3 Å². The molecule has 0 heterocycles. The average Bonchev–Trinajstić information content (AvgIpc) is 3.24. The third-order valence-electron chi connectivity index (χ3n) is 11.1. The molecule has 0 saturated heterocycles. The summed E-state index contributed by atoms with van der Waals surface area (Å²) >= 11 is 0. The van der Waals surface area contributed by atoms with Gasteiger partial charge in [0.1, 0.15) is 0 Å². The van der Waals surface area contributed by atoms with E-state index in [0.29, 0.717) is 39.3 Å². The van der Waals surface area contributed by atoms with E-state index in [1.54, 1.807) is 0 Å². The molecule has 1 atom stereocenters. The van der Waals surface area contributed by atoms with Crippen LogP contribution in [-0.4, -0.2) is 80.9 Å². The lowest BCUT2D eigenvalue weighted by Gasteiger charge is -2.21. The maximum atomic E-state index is 12.9. The molecule has 0 bridgehead atoms. The summed E-state index contributed by atoms with van der Waals surface area (Å²) in [7, 11) is 0. The van der Waals surface area contributed by atoms with Crippen molar-refractivity contribution >= 4 is 11.9 Å². The van der Waals surface area contributed by atoms with Gasteiger partial charge in [-0.1, -0.05) is 148 Å². The molecule has 0 aromatic heterocycles. The van der Waals surface area contributed by atoms with Gasteiger partial charge in [0.05, 0.1) is 32.2 Å². The normalized spacial score (nSPS) is 12.5.